The molecule has 1 aromatic heterocycles. The van der Waals surface area contributed by atoms with Gasteiger partial charge in [0.15, 0.2) is 0 Å². The van der Waals surface area contributed by atoms with Gasteiger partial charge in [-0.1, -0.05) is 11.6 Å². The molecular weight excluding hydrogens is 298 g/mol. The summed E-state index contributed by atoms with van der Waals surface area (Å²) in [5.74, 6) is 1.39. The van der Waals surface area contributed by atoms with Gasteiger partial charge in [0, 0.05) is 23.5 Å². The molecule has 0 aliphatic rings. The second kappa shape index (κ2) is 7.96. The number of rotatable bonds is 7. The molecule has 0 fully saturated rings. The summed E-state index contributed by atoms with van der Waals surface area (Å²) in [6.07, 6.45) is 2.81. The fraction of sp³-hybridized carbons (Fsp3) is 0.375. The van der Waals surface area contributed by atoms with E-state index >= 15 is 0 Å². The van der Waals surface area contributed by atoms with Crippen LogP contribution in [0, 0.1) is 6.92 Å². The van der Waals surface area contributed by atoms with Gasteiger partial charge in [-0.25, -0.2) is 4.98 Å². The predicted molar refractivity (Wildman–Crippen MR) is 93.2 cm³/mol. The fourth-order valence-electron chi connectivity index (χ4n) is 2.02. The van der Waals surface area contributed by atoms with E-state index in [4.69, 9.17) is 11.6 Å². The van der Waals surface area contributed by atoms with Crippen molar-refractivity contribution in [3.8, 4) is 0 Å². The van der Waals surface area contributed by atoms with Crippen molar-refractivity contribution in [1.29, 1.82) is 0 Å². The molecule has 0 saturated carbocycles. The topological polar surface area (TPSA) is 53.1 Å². The van der Waals surface area contributed by atoms with E-state index in [0.717, 1.165) is 41.6 Å². The minimum Gasteiger partial charge on any atom is -0.370 e. The lowest BCUT2D eigenvalue weighted by atomic mass is 10.2. The highest BCUT2D eigenvalue weighted by Crippen LogP contribution is 2.22. The van der Waals surface area contributed by atoms with Gasteiger partial charge < -0.3 is 15.5 Å². The van der Waals surface area contributed by atoms with Crippen LogP contribution in [0.1, 0.15) is 12.0 Å². The number of benzene rings is 1. The van der Waals surface area contributed by atoms with Gasteiger partial charge in [-0.3, -0.25) is 0 Å². The van der Waals surface area contributed by atoms with Crippen LogP contribution in [0.5, 0.6) is 0 Å². The summed E-state index contributed by atoms with van der Waals surface area (Å²) in [6.45, 7) is 3.93. The summed E-state index contributed by atoms with van der Waals surface area (Å²) in [5.41, 5.74) is 2.01. The van der Waals surface area contributed by atoms with Crippen molar-refractivity contribution in [1.82, 2.24) is 14.9 Å². The quantitative estimate of drug-likeness (QED) is 0.764. The van der Waals surface area contributed by atoms with Gasteiger partial charge in [0.05, 0.1) is 0 Å². The lowest BCUT2D eigenvalue weighted by molar-refractivity contribution is 0.405. The van der Waals surface area contributed by atoms with E-state index in [-0.39, 0.29) is 0 Å². The molecule has 0 aliphatic heterocycles. The summed E-state index contributed by atoms with van der Waals surface area (Å²) in [6, 6.07) is 7.56. The fourth-order valence-corrected chi connectivity index (χ4v) is 2.24. The molecule has 0 saturated heterocycles. The first-order valence-corrected chi connectivity index (χ1v) is 7.67. The Labute approximate surface area is 136 Å². The van der Waals surface area contributed by atoms with E-state index in [1.165, 1.54) is 0 Å². The highest BCUT2D eigenvalue weighted by molar-refractivity contribution is 6.30. The summed E-state index contributed by atoms with van der Waals surface area (Å²) in [5, 5.41) is 7.25. The maximum absolute atomic E-state index is 5.97. The number of halogens is 1. The van der Waals surface area contributed by atoms with Gasteiger partial charge in [0.2, 0.25) is 5.95 Å². The van der Waals surface area contributed by atoms with Crippen molar-refractivity contribution in [2.45, 2.75) is 13.3 Å². The molecule has 0 bridgehead atoms. The summed E-state index contributed by atoms with van der Waals surface area (Å²) < 4.78 is 0. The Morgan fingerprint density at radius 1 is 1.23 bits per heavy atom. The van der Waals surface area contributed by atoms with Crippen LogP contribution in [0.15, 0.2) is 30.5 Å². The molecule has 1 heterocycles. The van der Waals surface area contributed by atoms with Crippen LogP contribution in [-0.2, 0) is 0 Å². The molecule has 2 N–H and O–H groups in total. The average Bonchev–Trinajstić information content (AvgIpc) is 2.47. The van der Waals surface area contributed by atoms with Gasteiger partial charge in [-0.15, -0.1) is 0 Å². The van der Waals surface area contributed by atoms with E-state index in [1.807, 2.05) is 31.2 Å². The number of aryl methyl sites for hydroxylation is 1. The maximum Gasteiger partial charge on any atom is 0.229 e. The Bertz CT molecular complexity index is 615. The maximum atomic E-state index is 5.97. The molecule has 0 atom stereocenters. The van der Waals surface area contributed by atoms with Gasteiger partial charge in [0.1, 0.15) is 5.82 Å². The molecule has 0 aliphatic carbocycles. The van der Waals surface area contributed by atoms with Crippen molar-refractivity contribution in [3.63, 3.8) is 0 Å². The van der Waals surface area contributed by atoms with Crippen molar-refractivity contribution < 1.29 is 0 Å². The molecule has 0 spiro atoms. The number of nitrogens with one attached hydrogen (secondary N) is 2. The molecule has 22 heavy (non-hydrogen) atoms. The predicted octanol–water partition coefficient (Wildman–Crippen LogP) is 3.55. The first-order chi connectivity index (χ1) is 10.5. The first kappa shape index (κ1) is 16.5. The Morgan fingerprint density at radius 3 is 2.77 bits per heavy atom. The number of nitrogens with zero attached hydrogens (tertiary/aromatic N) is 3. The molecule has 5 nitrogen and oxygen atoms in total. The van der Waals surface area contributed by atoms with Crippen LogP contribution in [0.4, 0.5) is 17.5 Å². The van der Waals surface area contributed by atoms with Gasteiger partial charge >= 0.3 is 0 Å². The van der Waals surface area contributed by atoms with Crippen molar-refractivity contribution in [3.05, 3.63) is 41.0 Å². The van der Waals surface area contributed by atoms with E-state index < -0.39 is 0 Å². The lowest BCUT2D eigenvalue weighted by Gasteiger charge is -2.11. The largest absolute Gasteiger partial charge is 0.370 e. The second-order valence-corrected chi connectivity index (χ2v) is 5.87. The van der Waals surface area contributed by atoms with Crippen molar-refractivity contribution in [2.24, 2.45) is 0 Å². The van der Waals surface area contributed by atoms with Crippen LogP contribution in [0.2, 0.25) is 5.02 Å². The lowest BCUT2D eigenvalue weighted by Crippen LogP contribution is -2.16. The highest BCUT2D eigenvalue weighted by Gasteiger charge is 2.03. The summed E-state index contributed by atoms with van der Waals surface area (Å²) >= 11 is 5.97. The third-order valence-corrected chi connectivity index (χ3v) is 3.41. The minimum absolute atomic E-state index is 0.572. The Kier molecular flexibility index (Phi) is 5.98. The Balaban J connectivity index is 1.96. The third kappa shape index (κ3) is 5.16. The number of hydrogen-bond acceptors (Lipinski definition) is 5. The van der Waals surface area contributed by atoms with E-state index in [2.05, 4.69) is 39.6 Å². The van der Waals surface area contributed by atoms with Gasteiger partial charge in [-0.2, -0.15) is 4.98 Å². The molecule has 0 amide bonds. The summed E-state index contributed by atoms with van der Waals surface area (Å²) in [4.78, 5) is 10.9. The highest BCUT2D eigenvalue weighted by atomic mass is 35.5. The molecule has 0 unspecified atom stereocenters. The van der Waals surface area contributed by atoms with Crippen molar-refractivity contribution in [2.75, 3.05) is 37.8 Å². The molecule has 0 radical (unpaired) electrons. The molecule has 118 valence electrons. The smallest absolute Gasteiger partial charge is 0.229 e. The zero-order valence-corrected chi connectivity index (χ0v) is 14.0. The van der Waals surface area contributed by atoms with E-state index in [1.54, 1.807) is 6.20 Å². The molecule has 1 aromatic carbocycles. The monoisotopic (exact) mass is 319 g/mol. The molecule has 2 aromatic rings. The molecular formula is C16H22ClN5. The van der Waals surface area contributed by atoms with Crippen LogP contribution >= 0.6 is 11.6 Å². The van der Waals surface area contributed by atoms with Gasteiger partial charge in [-0.05, 0) is 63.8 Å². The zero-order chi connectivity index (χ0) is 15.9. The SMILES string of the molecule is Cc1cc(Cl)ccc1Nc1nccc(NCCCN(C)C)n1. The third-order valence-electron chi connectivity index (χ3n) is 3.18. The second-order valence-electron chi connectivity index (χ2n) is 5.43. The normalized spacial score (nSPS) is 10.8. The number of anilines is 3. The summed E-state index contributed by atoms with van der Waals surface area (Å²) in [7, 11) is 4.14. The van der Waals surface area contributed by atoms with Crippen LogP contribution < -0.4 is 10.6 Å². The Morgan fingerprint density at radius 2 is 2.05 bits per heavy atom. The van der Waals surface area contributed by atoms with E-state index in [9.17, 15) is 0 Å². The van der Waals surface area contributed by atoms with E-state index in [0.29, 0.717) is 5.95 Å². The Hall–Kier alpha value is -1.85. The zero-order valence-electron chi connectivity index (χ0n) is 13.2. The van der Waals surface area contributed by atoms with Crippen LogP contribution in [0.3, 0.4) is 0 Å². The van der Waals surface area contributed by atoms with Crippen molar-refractivity contribution >= 4 is 29.1 Å². The first-order valence-electron chi connectivity index (χ1n) is 7.29. The number of hydrogen-bond donors (Lipinski definition) is 2. The van der Waals surface area contributed by atoms with Crippen LogP contribution in [0.25, 0.3) is 0 Å². The standard InChI is InChI=1S/C16H22ClN5/c1-12-11-13(17)5-6-14(12)20-16-19-9-7-15(21-16)18-8-4-10-22(2)3/h5-7,9,11H,4,8,10H2,1-3H3,(H2,18,19,20,21). The molecule has 6 heteroatoms. The van der Waals surface area contributed by atoms with Gasteiger partial charge in [0.25, 0.3) is 0 Å². The van der Waals surface area contributed by atoms with Crippen LogP contribution in [-0.4, -0.2) is 42.1 Å². The minimum atomic E-state index is 0.572. The average molecular weight is 320 g/mol. The molecule has 2 rings (SSSR count). The number of aromatic nitrogens is 2.